The van der Waals surface area contributed by atoms with Crippen molar-refractivity contribution in [1.29, 1.82) is 0 Å². The van der Waals surface area contributed by atoms with Crippen LogP contribution < -0.4 is 5.73 Å². The van der Waals surface area contributed by atoms with E-state index in [1.807, 2.05) is 14.0 Å². The third-order valence-corrected chi connectivity index (χ3v) is 2.71. The van der Waals surface area contributed by atoms with Crippen molar-refractivity contribution < 1.29 is 4.79 Å². The van der Waals surface area contributed by atoms with E-state index in [1.54, 1.807) is 0 Å². The minimum Gasteiger partial charge on any atom is -0.330 e. The Hall–Kier alpha value is -0.410. The molecular weight excluding hydrogens is 176 g/mol. The van der Waals surface area contributed by atoms with Crippen molar-refractivity contribution >= 4 is 5.78 Å². The first-order valence-corrected chi connectivity index (χ1v) is 5.49. The highest BCUT2D eigenvalue weighted by Crippen LogP contribution is 2.11. The Bertz CT molecular complexity index is 169. The van der Waals surface area contributed by atoms with E-state index in [9.17, 15) is 4.79 Å². The maximum Gasteiger partial charge on any atom is 0.149 e. The van der Waals surface area contributed by atoms with Crippen molar-refractivity contribution in [3.05, 3.63) is 0 Å². The van der Waals surface area contributed by atoms with Crippen LogP contribution in [0.3, 0.4) is 0 Å². The molecule has 3 nitrogen and oxygen atoms in total. The summed E-state index contributed by atoms with van der Waals surface area (Å²) >= 11 is 0. The highest BCUT2D eigenvalue weighted by molar-refractivity contribution is 5.83. The fourth-order valence-corrected chi connectivity index (χ4v) is 1.50. The van der Waals surface area contributed by atoms with Crippen LogP contribution in [0.2, 0.25) is 0 Å². The number of rotatable bonds is 7. The summed E-state index contributed by atoms with van der Waals surface area (Å²) in [5.41, 5.74) is 5.46. The summed E-state index contributed by atoms with van der Waals surface area (Å²) in [6, 6.07) is 0.469. The fourth-order valence-electron chi connectivity index (χ4n) is 1.50. The lowest BCUT2D eigenvalue weighted by molar-refractivity contribution is -0.124. The molecule has 2 N–H and O–H groups in total. The van der Waals surface area contributed by atoms with Crippen molar-refractivity contribution in [1.82, 2.24) is 4.90 Å². The zero-order valence-corrected chi connectivity index (χ0v) is 9.92. The van der Waals surface area contributed by atoms with E-state index in [0.717, 1.165) is 12.8 Å². The lowest BCUT2D eigenvalue weighted by Crippen LogP contribution is -2.42. The second-order valence-corrected chi connectivity index (χ2v) is 4.03. The molecule has 0 radical (unpaired) electrons. The molecule has 0 spiro atoms. The Morgan fingerprint density at radius 1 is 1.43 bits per heavy atom. The highest BCUT2D eigenvalue weighted by atomic mass is 16.1. The van der Waals surface area contributed by atoms with Gasteiger partial charge in [-0.3, -0.25) is 9.69 Å². The summed E-state index contributed by atoms with van der Waals surface area (Å²) in [4.78, 5) is 13.8. The molecule has 0 aromatic rings. The van der Waals surface area contributed by atoms with Crippen LogP contribution >= 0.6 is 0 Å². The van der Waals surface area contributed by atoms with Crippen molar-refractivity contribution in [2.24, 2.45) is 5.73 Å². The number of hydrogen-bond acceptors (Lipinski definition) is 3. The van der Waals surface area contributed by atoms with E-state index in [4.69, 9.17) is 5.73 Å². The first-order valence-electron chi connectivity index (χ1n) is 5.49. The SMILES string of the molecule is CCC(=O)[C@H](CCCN)N(C)C(C)C. The first-order chi connectivity index (χ1) is 6.54. The van der Waals surface area contributed by atoms with Gasteiger partial charge in [0.25, 0.3) is 0 Å². The Morgan fingerprint density at radius 3 is 2.36 bits per heavy atom. The number of Topliss-reactive ketones (excluding diaryl/α,β-unsaturated/α-hetero) is 1. The number of nitrogens with zero attached hydrogens (tertiary/aromatic N) is 1. The molecule has 84 valence electrons. The average molecular weight is 200 g/mol. The molecule has 0 aliphatic heterocycles. The quantitative estimate of drug-likeness (QED) is 0.676. The van der Waals surface area contributed by atoms with E-state index >= 15 is 0 Å². The van der Waals surface area contributed by atoms with Gasteiger partial charge in [-0.2, -0.15) is 0 Å². The van der Waals surface area contributed by atoms with Gasteiger partial charge in [-0.25, -0.2) is 0 Å². The summed E-state index contributed by atoms with van der Waals surface area (Å²) < 4.78 is 0. The molecule has 0 aromatic carbocycles. The van der Waals surface area contributed by atoms with Gasteiger partial charge < -0.3 is 5.73 Å². The van der Waals surface area contributed by atoms with Gasteiger partial charge in [-0.1, -0.05) is 6.92 Å². The van der Waals surface area contributed by atoms with Gasteiger partial charge in [-0.15, -0.1) is 0 Å². The maximum absolute atomic E-state index is 11.7. The molecule has 0 saturated carbocycles. The minimum atomic E-state index is 0.0588. The molecule has 0 aliphatic rings. The van der Waals surface area contributed by atoms with Gasteiger partial charge in [-0.05, 0) is 40.3 Å². The number of hydrogen-bond donors (Lipinski definition) is 1. The third kappa shape index (κ3) is 4.20. The van der Waals surface area contributed by atoms with Gasteiger partial charge in [0.1, 0.15) is 5.78 Å². The number of carbonyl (C=O) groups excluding carboxylic acids is 1. The number of nitrogens with two attached hydrogens (primary N) is 1. The normalized spacial score (nSPS) is 13.6. The Labute approximate surface area is 87.6 Å². The van der Waals surface area contributed by atoms with Crippen molar-refractivity contribution in [3.63, 3.8) is 0 Å². The smallest absolute Gasteiger partial charge is 0.149 e. The Balaban J connectivity index is 4.30. The summed E-state index contributed by atoms with van der Waals surface area (Å²) in [5, 5.41) is 0. The highest BCUT2D eigenvalue weighted by Gasteiger charge is 2.22. The second kappa shape index (κ2) is 6.96. The molecule has 0 aliphatic carbocycles. The topological polar surface area (TPSA) is 46.3 Å². The largest absolute Gasteiger partial charge is 0.330 e. The molecule has 3 heteroatoms. The van der Waals surface area contributed by atoms with Crippen molar-refractivity contribution in [3.8, 4) is 0 Å². The fraction of sp³-hybridized carbons (Fsp3) is 0.909. The van der Waals surface area contributed by atoms with Gasteiger partial charge >= 0.3 is 0 Å². The van der Waals surface area contributed by atoms with Crippen molar-refractivity contribution in [2.45, 2.75) is 52.1 Å². The standard InChI is InChI=1S/C11H24N2O/c1-5-11(14)10(7-6-8-12)13(4)9(2)3/h9-10H,5-8,12H2,1-4H3/t10-/m0/s1. The van der Waals surface area contributed by atoms with Crippen LogP contribution in [0, 0.1) is 0 Å². The lowest BCUT2D eigenvalue weighted by Gasteiger charge is -2.30. The molecule has 0 amide bonds. The van der Waals surface area contributed by atoms with Crippen LogP contribution in [0.25, 0.3) is 0 Å². The summed E-state index contributed by atoms with van der Waals surface area (Å²) in [6.07, 6.45) is 2.43. The monoisotopic (exact) mass is 200 g/mol. The number of carbonyl (C=O) groups is 1. The van der Waals surface area contributed by atoms with Gasteiger partial charge in [0.2, 0.25) is 0 Å². The molecular formula is C11H24N2O. The van der Waals surface area contributed by atoms with E-state index in [0.29, 0.717) is 24.8 Å². The molecule has 0 heterocycles. The summed E-state index contributed by atoms with van der Waals surface area (Å²) in [6.45, 7) is 6.81. The molecule has 0 unspecified atom stereocenters. The van der Waals surface area contributed by atoms with Crippen LogP contribution in [0.5, 0.6) is 0 Å². The van der Waals surface area contributed by atoms with Gasteiger partial charge in [0.15, 0.2) is 0 Å². The van der Waals surface area contributed by atoms with E-state index in [2.05, 4.69) is 18.7 Å². The predicted octanol–water partition coefficient (Wildman–Crippen LogP) is 1.41. The van der Waals surface area contributed by atoms with Crippen LogP contribution in [0.1, 0.15) is 40.0 Å². The van der Waals surface area contributed by atoms with Gasteiger partial charge in [0, 0.05) is 12.5 Å². The second-order valence-electron chi connectivity index (χ2n) is 4.03. The van der Waals surface area contributed by atoms with E-state index in [1.165, 1.54) is 0 Å². The molecule has 0 aromatic heterocycles. The predicted molar refractivity (Wildman–Crippen MR) is 60.3 cm³/mol. The van der Waals surface area contributed by atoms with E-state index < -0.39 is 0 Å². The van der Waals surface area contributed by atoms with Crippen LogP contribution in [-0.2, 0) is 4.79 Å². The molecule has 0 rings (SSSR count). The Kier molecular flexibility index (Phi) is 6.75. The van der Waals surface area contributed by atoms with E-state index in [-0.39, 0.29) is 6.04 Å². The van der Waals surface area contributed by atoms with Crippen LogP contribution in [0.15, 0.2) is 0 Å². The minimum absolute atomic E-state index is 0.0588. The Morgan fingerprint density at radius 2 is 2.00 bits per heavy atom. The molecule has 0 saturated heterocycles. The number of likely N-dealkylation sites (N-methyl/N-ethyl adjacent to an activating group) is 1. The number of ketones is 1. The molecule has 1 atom stereocenters. The van der Waals surface area contributed by atoms with Crippen LogP contribution in [0.4, 0.5) is 0 Å². The average Bonchev–Trinajstić information content (AvgIpc) is 2.17. The van der Waals surface area contributed by atoms with Crippen molar-refractivity contribution in [2.75, 3.05) is 13.6 Å². The molecule has 14 heavy (non-hydrogen) atoms. The summed E-state index contributed by atoms with van der Waals surface area (Å²) in [7, 11) is 2.01. The third-order valence-electron chi connectivity index (χ3n) is 2.71. The maximum atomic E-state index is 11.7. The molecule has 0 bridgehead atoms. The summed E-state index contributed by atoms with van der Waals surface area (Å²) in [5.74, 6) is 0.328. The first kappa shape index (κ1) is 13.6. The van der Waals surface area contributed by atoms with Gasteiger partial charge in [0.05, 0.1) is 6.04 Å². The van der Waals surface area contributed by atoms with Crippen LogP contribution in [-0.4, -0.2) is 36.4 Å². The molecule has 0 fully saturated rings. The zero-order valence-electron chi connectivity index (χ0n) is 9.92. The lowest BCUT2D eigenvalue weighted by atomic mass is 10.0. The zero-order chi connectivity index (χ0) is 11.1.